The van der Waals surface area contributed by atoms with Crippen LogP contribution >= 0.6 is 0 Å². The second kappa shape index (κ2) is 6.47. The first-order valence-corrected chi connectivity index (χ1v) is 6.27. The summed E-state index contributed by atoms with van der Waals surface area (Å²) in [7, 11) is 0.623. The number of hydrogen-bond acceptors (Lipinski definition) is 5. The second-order valence-corrected chi connectivity index (χ2v) is 5.72. The van der Waals surface area contributed by atoms with E-state index in [9.17, 15) is 0 Å². The summed E-state index contributed by atoms with van der Waals surface area (Å²) < 4.78 is 16.0. The lowest BCUT2D eigenvalue weighted by Crippen LogP contribution is -2.48. The van der Waals surface area contributed by atoms with Crippen molar-refractivity contribution in [1.82, 2.24) is 0 Å². The van der Waals surface area contributed by atoms with Crippen LogP contribution in [0.25, 0.3) is 0 Å². The van der Waals surface area contributed by atoms with Crippen LogP contribution in [0.3, 0.4) is 0 Å². The van der Waals surface area contributed by atoms with Crippen LogP contribution in [0.4, 0.5) is 0 Å². The molecule has 0 aliphatic carbocycles. The first kappa shape index (κ1) is 13.0. The van der Waals surface area contributed by atoms with Crippen LogP contribution < -0.4 is 11.5 Å². The van der Waals surface area contributed by atoms with E-state index in [4.69, 9.17) is 24.7 Å². The zero-order chi connectivity index (χ0) is 10.3. The number of rotatable bonds is 7. The average Bonchev–Trinajstić information content (AvgIpc) is 2.12. The third-order valence-corrected chi connectivity index (χ3v) is 4.62. The topological polar surface area (TPSA) is 79.7 Å². The summed E-state index contributed by atoms with van der Waals surface area (Å²) in [5.74, 6) is 0. The van der Waals surface area contributed by atoms with E-state index < -0.39 is 8.80 Å². The summed E-state index contributed by atoms with van der Waals surface area (Å²) in [6.45, 7) is 2.35. The highest BCUT2D eigenvalue weighted by atomic mass is 28.4. The molecule has 0 aliphatic heterocycles. The van der Waals surface area contributed by atoms with Gasteiger partial charge in [0.2, 0.25) is 0 Å². The Morgan fingerprint density at radius 2 is 1.85 bits per heavy atom. The fourth-order valence-electron chi connectivity index (χ4n) is 1.04. The summed E-state index contributed by atoms with van der Waals surface area (Å²) in [4.78, 5) is 0. The molecular formula is C7H20N2O3Si. The van der Waals surface area contributed by atoms with Gasteiger partial charge < -0.3 is 24.7 Å². The van der Waals surface area contributed by atoms with Gasteiger partial charge in [-0.2, -0.15) is 0 Å². The van der Waals surface area contributed by atoms with E-state index in [2.05, 4.69) is 0 Å². The minimum absolute atomic E-state index is 0.371. The van der Waals surface area contributed by atoms with Gasteiger partial charge in [-0.3, -0.25) is 0 Å². The smallest absolute Gasteiger partial charge is 0.377 e. The lowest BCUT2D eigenvalue weighted by molar-refractivity contribution is 0.0650. The SMILES string of the molecule is CO[Si](CCCN)(OC)OC(C)N. The molecule has 0 aromatic rings. The van der Waals surface area contributed by atoms with Crippen LogP contribution in [0.1, 0.15) is 13.3 Å². The minimum atomic E-state index is -2.53. The van der Waals surface area contributed by atoms with Gasteiger partial charge in [0.25, 0.3) is 0 Å². The van der Waals surface area contributed by atoms with Gasteiger partial charge in [0.1, 0.15) is 0 Å². The van der Waals surface area contributed by atoms with Crippen LogP contribution in [0.15, 0.2) is 0 Å². The first-order valence-electron chi connectivity index (χ1n) is 4.34. The molecule has 0 fully saturated rings. The van der Waals surface area contributed by atoms with E-state index in [1.54, 1.807) is 21.1 Å². The van der Waals surface area contributed by atoms with E-state index in [0.717, 1.165) is 6.42 Å². The Hall–Kier alpha value is 0.0169. The Kier molecular flexibility index (Phi) is 6.48. The van der Waals surface area contributed by atoms with Gasteiger partial charge in [-0.05, 0) is 19.9 Å². The van der Waals surface area contributed by atoms with Crippen molar-refractivity contribution in [1.29, 1.82) is 0 Å². The Bertz CT molecular complexity index is 131. The van der Waals surface area contributed by atoms with Gasteiger partial charge in [-0.1, -0.05) is 0 Å². The number of nitrogens with two attached hydrogens (primary N) is 2. The van der Waals surface area contributed by atoms with E-state index >= 15 is 0 Å². The Morgan fingerprint density at radius 3 is 2.15 bits per heavy atom. The maximum atomic E-state index is 5.52. The second-order valence-electron chi connectivity index (χ2n) is 2.81. The first-order chi connectivity index (χ1) is 6.10. The average molecular weight is 208 g/mol. The van der Waals surface area contributed by atoms with Gasteiger partial charge in [0.05, 0.1) is 6.23 Å². The third kappa shape index (κ3) is 4.70. The van der Waals surface area contributed by atoms with Crippen molar-refractivity contribution in [2.75, 3.05) is 20.8 Å². The lowest BCUT2D eigenvalue weighted by atomic mass is 10.5. The zero-order valence-electron chi connectivity index (χ0n) is 8.58. The molecular weight excluding hydrogens is 188 g/mol. The molecule has 0 heterocycles. The van der Waals surface area contributed by atoms with Crippen molar-refractivity contribution in [2.24, 2.45) is 11.5 Å². The largest absolute Gasteiger partial charge is 0.501 e. The normalized spacial score (nSPS) is 14.5. The molecule has 6 heteroatoms. The molecule has 1 unspecified atom stereocenters. The molecule has 0 saturated heterocycles. The molecule has 0 aromatic heterocycles. The summed E-state index contributed by atoms with van der Waals surface area (Å²) in [5.41, 5.74) is 10.9. The minimum Gasteiger partial charge on any atom is -0.377 e. The van der Waals surface area contributed by atoms with Gasteiger partial charge in [0.15, 0.2) is 0 Å². The summed E-state index contributed by atoms with van der Waals surface area (Å²) in [5, 5.41) is 0. The molecule has 80 valence electrons. The van der Waals surface area contributed by atoms with E-state index in [1.807, 2.05) is 0 Å². The standard InChI is InChI=1S/C7H20N2O3Si/c1-7(9)12-13(10-2,11-3)6-4-5-8/h7H,4-6,8-9H2,1-3H3. The predicted molar refractivity (Wildman–Crippen MR) is 53.0 cm³/mol. The molecule has 0 rings (SSSR count). The third-order valence-electron chi connectivity index (χ3n) is 1.67. The van der Waals surface area contributed by atoms with Crippen molar-refractivity contribution >= 4 is 8.80 Å². The molecule has 0 aliphatic rings. The predicted octanol–water partition coefficient (Wildman–Crippen LogP) is -0.112. The maximum absolute atomic E-state index is 5.52. The van der Waals surface area contributed by atoms with Crippen LogP contribution in [-0.2, 0) is 13.3 Å². The number of hydrogen-bond donors (Lipinski definition) is 2. The van der Waals surface area contributed by atoms with E-state index in [-0.39, 0.29) is 6.23 Å². The van der Waals surface area contributed by atoms with Crippen molar-refractivity contribution < 1.29 is 13.3 Å². The van der Waals surface area contributed by atoms with Crippen LogP contribution in [0, 0.1) is 0 Å². The lowest BCUT2D eigenvalue weighted by Gasteiger charge is -2.27. The molecule has 13 heavy (non-hydrogen) atoms. The van der Waals surface area contributed by atoms with Crippen LogP contribution in [0.2, 0.25) is 6.04 Å². The van der Waals surface area contributed by atoms with E-state index in [1.165, 1.54) is 0 Å². The summed E-state index contributed by atoms with van der Waals surface area (Å²) >= 11 is 0. The quantitative estimate of drug-likeness (QED) is 0.451. The Balaban J connectivity index is 4.13. The van der Waals surface area contributed by atoms with Crippen LogP contribution in [-0.4, -0.2) is 35.8 Å². The van der Waals surface area contributed by atoms with Crippen molar-refractivity contribution in [3.05, 3.63) is 0 Å². The Morgan fingerprint density at radius 1 is 1.31 bits per heavy atom. The van der Waals surface area contributed by atoms with E-state index in [0.29, 0.717) is 12.6 Å². The summed E-state index contributed by atoms with van der Waals surface area (Å²) in [6, 6.07) is 0.706. The molecule has 4 N–H and O–H groups in total. The molecule has 1 atom stereocenters. The summed E-state index contributed by atoms with van der Waals surface area (Å²) in [6.07, 6.45) is 0.449. The molecule has 0 amide bonds. The van der Waals surface area contributed by atoms with Crippen LogP contribution in [0.5, 0.6) is 0 Å². The molecule has 0 aromatic carbocycles. The van der Waals surface area contributed by atoms with Gasteiger partial charge in [-0.15, -0.1) is 0 Å². The molecule has 0 radical (unpaired) electrons. The fourth-order valence-corrected chi connectivity index (χ4v) is 3.13. The van der Waals surface area contributed by atoms with Gasteiger partial charge in [0, 0.05) is 20.3 Å². The highest BCUT2D eigenvalue weighted by Gasteiger charge is 2.39. The van der Waals surface area contributed by atoms with Crippen molar-refractivity contribution in [2.45, 2.75) is 25.6 Å². The highest BCUT2D eigenvalue weighted by Crippen LogP contribution is 2.16. The van der Waals surface area contributed by atoms with Gasteiger partial charge in [-0.25, -0.2) is 0 Å². The monoisotopic (exact) mass is 208 g/mol. The Labute approximate surface area is 80.7 Å². The maximum Gasteiger partial charge on any atom is 0.501 e. The molecule has 0 saturated carbocycles. The highest BCUT2D eigenvalue weighted by molar-refractivity contribution is 6.60. The zero-order valence-corrected chi connectivity index (χ0v) is 9.58. The molecule has 0 bridgehead atoms. The fraction of sp³-hybridized carbons (Fsp3) is 1.00. The molecule has 0 spiro atoms. The molecule has 5 nitrogen and oxygen atoms in total. The van der Waals surface area contributed by atoms with Crippen molar-refractivity contribution in [3.63, 3.8) is 0 Å². The van der Waals surface area contributed by atoms with Crippen molar-refractivity contribution in [3.8, 4) is 0 Å². The van der Waals surface area contributed by atoms with Gasteiger partial charge >= 0.3 is 8.80 Å².